The van der Waals surface area contributed by atoms with E-state index in [0.29, 0.717) is 30.9 Å². The van der Waals surface area contributed by atoms with E-state index in [1.54, 1.807) is 0 Å². The molecule has 8 heteroatoms. The maximum Gasteiger partial charge on any atom is 0.329 e. The summed E-state index contributed by atoms with van der Waals surface area (Å²) in [4.78, 5) is 19.2. The van der Waals surface area contributed by atoms with Gasteiger partial charge in [0.25, 0.3) is 0 Å². The summed E-state index contributed by atoms with van der Waals surface area (Å²) in [5, 5.41) is 17.5. The second kappa shape index (κ2) is 9.27. The van der Waals surface area contributed by atoms with E-state index in [-0.39, 0.29) is 11.5 Å². The Hall–Kier alpha value is -2.74. The van der Waals surface area contributed by atoms with Gasteiger partial charge in [0.1, 0.15) is 6.20 Å². The first-order valence-electron chi connectivity index (χ1n) is 9.30. The molecule has 1 aromatic heterocycles. The van der Waals surface area contributed by atoms with Gasteiger partial charge in [-0.2, -0.15) is 4.98 Å². The molecule has 1 heterocycles. The Morgan fingerprint density at radius 2 is 2.00 bits per heavy atom. The molecule has 4 N–H and O–H groups in total. The Balaban J connectivity index is 1.62. The molecular formula is C19H25N6O2. The Kier molecular flexibility index (Phi) is 6.54. The van der Waals surface area contributed by atoms with Gasteiger partial charge in [-0.15, -0.1) is 0 Å². The maximum absolute atomic E-state index is 11.3. The third-order valence-electron chi connectivity index (χ3n) is 5.03. The van der Waals surface area contributed by atoms with Crippen LogP contribution in [0.25, 0.3) is 0 Å². The van der Waals surface area contributed by atoms with Crippen molar-refractivity contribution < 1.29 is 4.92 Å². The number of aromatic nitrogens is 2. The van der Waals surface area contributed by atoms with E-state index in [9.17, 15) is 10.1 Å². The summed E-state index contributed by atoms with van der Waals surface area (Å²) < 4.78 is 0. The Morgan fingerprint density at radius 1 is 1.22 bits per heavy atom. The van der Waals surface area contributed by atoms with Crippen LogP contribution in [0.1, 0.15) is 31.2 Å². The number of benzene rings is 1. The number of nitrogens with two attached hydrogens (primary N) is 1. The molecule has 1 fully saturated rings. The molecule has 0 unspecified atom stereocenters. The molecule has 2 aromatic rings. The summed E-state index contributed by atoms with van der Waals surface area (Å²) >= 11 is 0. The minimum Gasteiger partial charge on any atom is -0.364 e. The third kappa shape index (κ3) is 5.37. The molecule has 1 radical (unpaired) electrons. The Labute approximate surface area is 158 Å². The van der Waals surface area contributed by atoms with Gasteiger partial charge in [-0.1, -0.05) is 24.3 Å². The van der Waals surface area contributed by atoms with Gasteiger partial charge in [-0.3, -0.25) is 10.1 Å². The molecule has 1 aliphatic carbocycles. The fourth-order valence-corrected chi connectivity index (χ4v) is 3.35. The number of hydrogen-bond acceptors (Lipinski definition) is 7. The molecule has 143 valence electrons. The number of nitro groups is 1. The van der Waals surface area contributed by atoms with Crippen molar-refractivity contribution in [2.45, 2.75) is 32.2 Å². The van der Waals surface area contributed by atoms with Crippen LogP contribution in [0.15, 0.2) is 30.5 Å². The fourth-order valence-electron chi connectivity index (χ4n) is 3.35. The van der Waals surface area contributed by atoms with Gasteiger partial charge in [0.2, 0.25) is 11.8 Å². The molecule has 0 spiro atoms. The van der Waals surface area contributed by atoms with E-state index in [4.69, 9.17) is 5.73 Å². The van der Waals surface area contributed by atoms with Gasteiger partial charge in [-0.25, -0.2) is 4.98 Å². The summed E-state index contributed by atoms with van der Waals surface area (Å²) in [6, 6.07) is 10.7. The molecule has 0 bridgehead atoms. The normalized spacial score (nSPS) is 19.4. The van der Waals surface area contributed by atoms with Gasteiger partial charge >= 0.3 is 5.69 Å². The molecular weight excluding hydrogens is 344 g/mol. The van der Waals surface area contributed by atoms with Crippen molar-refractivity contribution in [1.82, 2.24) is 9.97 Å². The minimum absolute atomic E-state index is 0.109. The highest BCUT2D eigenvalue weighted by molar-refractivity contribution is 5.57. The van der Waals surface area contributed by atoms with E-state index < -0.39 is 4.92 Å². The zero-order chi connectivity index (χ0) is 19.1. The van der Waals surface area contributed by atoms with Gasteiger partial charge in [0, 0.05) is 13.1 Å². The van der Waals surface area contributed by atoms with Crippen molar-refractivity contribution in [3.63, 3.8) is 0 Å². The van der Waals surface area contributed by atoms with Crippen LogP contribution in [0.4, 0.5) is 17.5 Å². The largest absolute Gasteiger partial charge is 0.364 e. The second-order valence-electron chi connectivity index (χ2n) is 6.93. The van der Waals surface area contributed by atoms with E-state index in [2.05, 4.69) is 26.7 Å². The molecule has 1 saturated carbocycles. The van der Waals surface area contributed by atoms with Crippen LogP contribution < -0.4 is 16.4 Å². The van der Waals surface area contributed by atoms with Crippen LogP contribution in [0.5, 0.6) is 0 Å². The predicted octanol–water partition coefficient (Wildman–Crippen LogP) is 2.97. The molecule has 0 amide bonds. The minimum atomic E-state index is -0.456. The first kappa shape index (κ1) is 19.0. The zero-order valence-electron chi connectivity index (χ0n) is 15.2. The number of rotatable bonds is 8. The molecule has 3 rings (SSSR count). The van der Waals surface area contributed by atoms with Crippen molar-refractivity contribution in [3.8, 4) is 0 Å². The second-order valence-corrected chi connectivity index (χ2v) is 6.93. The van der Waals surface area contributed by atoms with Crippen molar-refractivity contribution in [1.29, 1.82) is 0 Å². The van der Waals surface area contributed by atoms with E-state index >= 15 is 0 Å². The van der Waals surface area contributed by atoms with E-state index in [1.165, 1.54) is 6.20 Å². The van der Waals surface area contributed by atoms with Gasteiger partial charge in [0.15, 0.2) is 0 Å². The van der Waals surface area contributed by atoms with E-state index in [1.807, 2.05) is 24.3 Å². The lowest BCUT2D eigenvalue weighted by molar-refractivity contribution is -0.384. The topological polar surface area (TPSA) is 119 Å². The number of nitrogens with one attached hydrogen (secondary N) is 2. The SMILES string of the molecule is NCC1CCC(CNc2nc(NCc3[c]cccc3)ncc2[N+](=O)[O-])CC1. The van der Waals surface area contributed by atoms with Crippen molar-refractivity contribution >= 4 is 17.5 Å². The van der Waals surface area contributed by atoms with Crippen LogP contribution in [-0.2, 0) is 6.54 Å². The highest BCUT2D eigenvalue weighted by Gasteiger charge is 2.22. The summed E-state index contributed by atoms with van der Waals surface area (Å²) in [7, 11) is 0. The lowest BCUT2D eigenvalue weighted by atomic mass is 9.82. The smallest absolute Gasteiger partial charge is 0.329 e. The molecule has 27 heavy (non-hydrogen) atoms. The predicted molar refractivity (Wildman–Crippen MR) is 104 cm³/mol. The fraction of sp³-hybridized carbons (Fsp3) is 0.474. The Bertz CT molecular complexity index is 747. The van der Waals surface area contributed by atoms with Gasteiger partial charge < -0.3 is 16.4 Å². The molecule has 0 aliphatic heterocycles. The molecule has 8 nitrogen and oxygen atoms in total. The third-order valence-corrected chi connectivity index (χ3v) is 5.03. The molecule has 1 aromatic carbocycles. The first-order valence-corrected chi connectivity index (χ1v) is 9.30. The lowest BCUT2D eigenvalue weighted by Crippen LogP contribution is -2.25. The standard InChI is InChI=1S/C19H25N6O2/c20-10-14-6-8-16(9-7-14)11-21-18-17(25(26)27)13-23-19(24-18)22-12-15-4-2-1-3-5-15/h1-4,13-14,16H,6-12,20H2,(H2,21,22,23,24). The number of nitrogens with zero attached hydrogens (tertiary/aromatic N) is 3. The zero-order valence-corrected chi connectivity index (χ0v) is 15.2. The van der Waals surface area contributed by atoms with Crippen molar-refractivity contribution in [2.24, 2.45) is 17.6 Å². The van der Waals surface area contributed by atoms with Crippen molar-refractivity contribution in [3.05, 3.63) is 52.2 Å². The summed E-state index contributed by atoms with van der Waals surface area (Å²) in [6.45, 7) is 1.91. The van der Waals surface area contributed by atoms with Crippen LogP contribution in [-0.4, -0.2) is 28.0 Å². The summed E-state index contributed by atoms with van der Waals surface area (Å²) in [5.74, 6) is 1.71. The highest BCUT2D eigenvalue weighted by Crippen LogP contribution is 2.29. The first-order chi connectivity index (χ1) is 13.2. The lowest BCUT2D eigenvalue weighted by Gasteiger charge is -2.27. The molecule has 1 aliphatic rings. The maximum atomic E-state index is 11.3. The van der Waals surface area contributed by atoms with Gasteiger partial charge in [-0.05, 0) is 55.7 Å². The van der Waals surface area contributed by atoms with Crippen LogP contribution >= 0.6 is 0 Å². The molecule has 0 saturated heterocycles. The van der Waals surface area contributed by atoms with Gasteiger partial charge in [0.05, 0.1) is 4.92 Å². The van der Waals surface area contributed by atoms with E-state index in [0.717, 1.165) is 37.8 Å². The quantitative estimate of drug-likeness (QED) is 0.483. The molecule has 0 atom stereocenters. The highest BCUT2D eigenvalue weighted by atomic mass is 16.6. The summed E-state index contributed by atoms with van der Waals surface area (Å²) in [6.07, 6.45) is 5.66. The monoisotopic (exact) mass is 369 g/mol. The number of hydrogen-bond donors (Lipinski definition) is 3. The summed E-state index contributed by atoms with van der Waals surface area (Å²) in [5.41, 5.74) is 6.59. The van der Waals surface area contributed by atoms with Crippen LogP contribution in [0.2, 0.25) is 0 Å². The van der Waals surface area contributed by atoms with Crippen molar-refractivity contribution in [2.75, 3.05) is 23.7 Å². The Morgan fingerprint density at radius 3 is 2.67 bits per heavy atom. The van der Waals surface area contributed by atoms with Crippen LogP contribution in [0.3, 0.4) is 0 Å². The average Bonchev–Trinajstić information content (AvgIpc) is 2.71. The number of anilines is 2. The average molecular weight is 369 g/mol. The van der Waals surface area contributed by atoms with Crippen LogP contribution in [0, 0.1) is 28.0 Å².